The molecule has 0 radical (unpaired) electrons. The van der Waals surface area contributed by atoms with E-state index in [1.165, 1.54) is 16.4 Å². The van der Waals surface area contributed by atoms with E-state index in [-0.39, 0.29) is 16.8 Å². The van der Waals surface area contributed by atoms with Crippen LogP contribution in [0.5, 0.6) is 0 Å². The Hall–Kier alpha value is -0.650. The fourth-order valence-electron chi connectivity index (χ4n) is 2.23. The van der Waals surface area contributed by atoms with Crippen molar-refractivity contribution in [3.8, 4) is 0 Å². The van der Waals surface area contributed by atoms with Crippen molar-refractivity contribution in [3.05, 3.63) is 29.6 Å². The first-order valence-corrected chi connectivity index (χ1v) is 7.80. The maximum atomic E-state index is 13.8. The third-order valence-corrected chi connectivity index (χ3v) is 5.58. The van der Waals surface area contributed by atoms with Gasteiger partial charge in [-0.05, 0) is 37.5 Å². The molecule has 1 aliphatic rings. The highest BCUT2D eigenvalue weighted by atomic mass is 35.5. The Bertz CT molecular complexity index is 547. The van der Waals surface area contributed by atoms with E-state index in [0.29, 0.717) is 12.1 Å². The Balaban J connectivity index is 2.41. The van der Waals surface area contributed by atoms with Crippen molar-refractivity contribution in [2.24, 2.45) is 0 Å². The second kappa shape index (κ2) is 5.15. The smallest absolute Gasteiger partial charge is 0.207 e. The molecule has 1 aromatic rings. The standard InChI is InChI=1S/C12H15ClFNO2S/c1-9-3-2-6-15(9)18(16,17)12-5-4-10(8-13)7-11(12)14/h4-5,7,9H,2-3,6,8H2,1H3. The molecule has 0 aliphatic carbocycles. The van der Waals surface area contributed by atoms with Gasteiger partial charge in [-0.1, -0.05) is 6.07 Å². The van der Waals surface area contributed by atoms with Crippen LogP contribution in [0.4, 0.5) is 4.39 Å². The van der Waals surface area contributed by atoms with E-state index in [1.54, 1.807) is 6.07 Å². The van der Waals surface area contributed by atoms with Crippen molar-refractivity contribution in [1.29, 1.82) is 0 Å². The minimum atomic E-state index is -3.73. The van der Waals surface area contributed by atoms with Crippen LogP contribution in [0.3, 0.4) is 0 Å². The molecule has 0 amide bonds. The molecule has 3 nitrogen and oxygen atoms in total. The van der Waals surface area contributed by atoms with E-state index in [1.807, 2.05) is 6.92 Å². The van der Waals surface area contributed by atoms with Gasteiger partial charge >= 0.3 is 0 Å². The number of halogens is 2. The Morgan fingerprint density at radius 3 is 2.72 bits per heavy atom. The van der Waals surface area contributed by atoms with Crippen molar-refractivity contribution in [2.75, 3.05) is 6.54 Å². The maximum absolute atomic E-state index is 13.8. The quantitative estimate of drug-likeness (QED) is 0.803. The molecule has 100 valence electrons. The molecule has 2 rings (SSSR count). The van der Waals surface area contributed by atoms with Gasteiger partial charge in [0.05, 0.1) is 0 Å². The van der Waals surface area contributed by atoms with Crippen molar-refractivity contribution >= 4 is 21.6 Å². The molecule has 1 atom stereocenters. The van der Waals surface area contributed by atoms with E-state index in [2.05, 4.69) is 0 Å². The summed E-state index contributed by atoms with van der Waals surface area (Å²) in [5, 5.41) is 0. The molecule has 0 saturated carbocycles. The third kappa shape index (κ3) is 2.39. The van der Waals surface area contributed by atoms with Gasteiger partial charge < -0.3 is 0 Å². The molecule has 6 heteroatoms. The Morgan fingerprint density at radius 1 is 1.50 bits per heavy atom. The van der Waals surface area contributed by atoms with E-state index >= 15 is 0 Å². The monoisotopic (exact) mass is 291 g/mol. The van der Waals surface area contributed by atoms with Gasteiger partial charge in [0.1, 0.15) is 10.7 Å². The van der Waals surface area contributed by atoms with Crippen molar-refractivity contribution < 1.29 is 12.8 Å². The van der Waals surface area contributed by atoms with E-state index in [9.17, 15) is 12.8 Å². The minimum Gasteiger partial charge on any atom is -0.207 e. The molecule has 1 heterocycles. The van der Waals surface area contributed by atoms with Gasteiger partial charge in [0.15, 0.2) is 0 Å². The lowest BCUT2D eigenvalue weighted by molar-refractivity contribution is 0.405. The number of rotatable bonds is 3. The predicted octanol–water partition coefficient (Wildman–Crippen LogP) is 2.74. The fourth-order valence-corrected chi connectivity index (χ4v) is 4.14. The highest BCUT2D eigenvalue weighted by Gasteiger charge is 2.34. The first-order chi connectivity index (χ1) is 8.46. The van der Waals surface area contributed by atoms with Gasteiger partial charge in [0.2, 0.25) is 10.0 Å². The lowest BCUT2D eigenvalue weighted by Crippen LogP contribution is -2.34. The molecule has 1 saturated heterocycles. The Kier molecular flexibility index (Phi) is 3.94. The van der Waals surface area contributed by atoms with E-state index in [0.717, 1.165) is 12.8 Å². The van der Waals surface area contributed by atoms with Gasteiger partial charge in [-0.25, -0.2) is 12.8 Å². The van der Waals surface area contributed by atoms with Gasteiger partial charge in [-0.2, -0.15) is 4.31 Å². The SMILES string of the molecule is CC1CCCN1S(=O)(=O)c1ccc(CCl)cc1F. The number of hydrogen-bond acceptors (Lipinski definition) is 2. The molecular formula is C12H15ClFNO2S. The first-order valence-electron chi connectivity index (χ1n) is 5.83. The summed E-state index contributed by atoms with van der Waals surface area (Å²) in [5.41, 5.74) is 0.572. The predicted molar refractivity (Wildman–Crippen MR) is 68.5 cm³/mol. The zero-order valence-electron chi connectivity index (χ0n) is 10.1. The summed E-state index contributed by atoms with van der Waals surface area (Å²) in [4.78, 5) is -0.259. The van der Waals surface area contributed by atoms with Crippen molar-refractivity contribution in [1.82, 2.24) is 4.31 Å². The zero-order chi connectivity index (χ0) is 13.3. The maximum Gasteiger partial charge on any atom is 0.246 e. The van der Waals surface area contributed by atoms with Crippen LogP contribution in [-0.2, 0) is 15.9 Å². The number of nitrogens with zero attached hydrogens (tertiary/aromatic N) is 1. The van der Waals surface area contributed by atoms with Crippen LogP contribution in [0.2, 0.25) is 0 Å². The number of sulfonamides is 1. The lowest BCUT2D eigenvalue weighted by Gasteiger charge is -2.21. The molecular weight excluding hydrogens is 277 g/mol. The summed E-state index contributed by atoms with van der Waals surface area (Å²) in [7, 11) is -3.73. The molecule has 1 unspecified atom stereocenters. The summed E-state index contributed by atoms with van der Waals surface area (Å²) >= 11 is 5.59. The van der Waals surface area contributed by atoms with Crippen LogP contribution in [-0.4, -0.2) is 25.3 Å². The topological polar surface area (TPSA) is 37.4 Å². The summed E-state index contributed by atoms with van der Waals surface area (Å²) in [6.45, 7) is 2.30. The molecule has 18 heavy (non-hydrogen) atoms. The average Bonchev–Trinajstić information content (AvgIpc) is 2.75. The molecule has 1 fully saturated rings. The lowest BCUT2D eigenvalue weighted by atomic mass is 10.2. The average molecular weight is 292 g/mol. The van der Waals surface area contributed by atoms with Crippen LogP contribution >= 0.6 is 11.6 Å². The van der Waals surface area contributed by atoms with Gasteiger partial charge in [0.25, 0.3) is 0 Å². The summed E-state index contributed by atoms with van der Waals surface area (Å²) in [6, 6.07) is 3.96. The minimum absolute atomic E-state index is 0.0675. The second-order valence-corrected chi connectivity index (χ2v) is 6.63. The highest BCUT2D eigenvalue weighted by Crippen LogP contribution is 2.27. The summed E-state index contributed by atoms with van der Waals surface area (Å²) in [5.74, 6) is -0.565. The fraction of sp³-hybridized carbons (Fsp3) is 0.500. The number of hydrogen-bond donors (Lipinski definition) is 0. The Morgan fingerprint density at radius 2 is 2.22 bits per heavy atom. The molecule has 1 aromatic carbocycles. The first kappa shape index (κ1) is 13.8. The molecule has 1 aliphatic heterocycles. The van der Waals surface area contributed by atoms with E-state index < -0.39 is 15.8 Å². The second-order valence-electron chi connectivity index (χ2n) is 4.51. The summed E-state index contributed by atoms with van der Waals surface area (Å²) < 4.78 is 39.9. The van der Waals surface area contributed by atoms with Crippen molar-refractivity contribution in [2.45, 2.75) is 36.6 Å². The van der Waals surface area contributed by atoms with Crippen LogP contribution in [0.1, 0.15) is 25.3 Å². The van der Waals surface area contributed by atoms with Crippen LogP contribution in [0.15, 0.2) is 23.1 Å². The normalized spacial score (nSPS) is 21.4. The van der Waals surface area contributed by atoms with Gasteiger partial charge in [-0.15, -0.1) is 11.6 Å². The number of alkyl halides is 1. The molecule has 0 N–H and O–H groups in total. The number of benzene rings is 1. The largest absolute Gasteiger partial charge is 0.246 e. The molecule has 0 aromatic heterocycles. The summed E-state index contributed by atoms with van der Waals surface area (Å²) in [6.07, 6.45) is 1.64. The van der Waals surface area contributed by atoms with Crippen molar-refractivity contribution in [3.63, 3.8) is 0 Å². The molecule has 0 bridgehead atoms. The van der Waals surface area contributed by atoms with Crippen LogP contribution in [0.25, 0.3) is 0 Å². The van der Waals surface area contributed by atoms with Crippen LogP contribution < -0.4 is 0 Å². The van der Waals surface area contributed by atoms with Crippen LogP contribution in [0, 0.1) is 5.82 Å². The Labute approximate surface area is 112 Å². The third-order valence-electron chi connectivity index (χ3n) is 3.23. The van der Waals surface area contributed by atoms with E-state index in [4.69, 9.17) is 11.6 Å². The van der Waals surface area contributed by atoms with Gasteiger partial charge in [0, 0.05) is 18.5 Å². The highest BCUT2D eigenvalue weighted by molar-refractivity contribution is 7.89. The van der Waals surface area contributed by atoms with Gasteiger partial charge in [-0.3, -0.25) is 0 Å². The molecule has 0 spiro atoms. The zero-order valence-corrected chi connectivity index (χ0v) is 11.6.